The van der Waals surface area contributed by atoms with Crippen LogP contribution in [0.3, 0.4) is 0 Å². The number of aryl methyl sites for hydroxylation is 1. The number of thiophene rings is 1. The van der Waals surface area contributed by atoms with Gasteiger partial charge in [0.25, 0.3) is 0 Å². The molecular formula is C14H20ClNO4S. The number of alkyl carbamates (subject to hydrolysis) is 1. The summed E-state index contributed by atoms with van der Waals surface area (Å²) >= 11 is 6.93. The van der Waals surface area contributed by atoms with E-state index >= 15 is 0 Å². The molecule has 0 radical (unpaired) electrons. The molecule has 5 nitrogen and oxygen atoms in total. The first kappa shape index (κ1) is 17.8. The predicted octanol–water partition coefficient (Wildman–Crippen LogP) is 3.23. The van der Waals surface area contributed by atoms with Crippen molar-refractivity contribution in [2.45, 2.75) is 45.8 Å². The van der Waals surface area contributed by atoms with Gasteiger partial charge in [-0.25, -0.2) is 9.59 Å². The summed E-state index contributed by atoms with van der Waals surface area (Å²) in [6.07, 6.45) is -0.313. The Hall–Kier alpha value is -1.27. The molecule has 1 atom stereocenters. The molecule has 0 bridgehead atoms. The lowest BCUT2D eigenvalue weighted by Crippen LogP contribution is -2.45. The number of amides is 1. The Morgan fingerprint density at radius 3 is 2.57 bits per heavy atom. The molecule has 0 saturated carbocycles. The Labute approximate surface area is 133 Å². The van der Waals surface area contributed by atoms with Gasteiger partial charge in [0, 0.05) is 11.3 Å². The Morgan fingerprint density at radius 2 is 2.10 bits per heavy atom. The summed E-state index contributed by atoms with van der Waals surface area (Å²) in [4.78, 5) is 24.7. The molecule has 1 rings (SSSR count). The number of hydrogen-bond acceptors (Lipinski definition) is 5. The highest BCUT2D eigenvalue weighted by Gasteiger charge is 2.26. The number of ether oxygens (including phenoxy) is 2. The molecular weight excluding hydrogens is 314 g/mol. The van der Waals surface area contributed by atoms with Crippen molar-refractivity contribution in [2.24, 2.45) is 0 Å². The van der Waals surface area contributed by atoms with Gasteiger partial charge in [-0.1, -0.05) is 11.6 Å². The van der Waals surface area contributed by atoms with Gasteiger partial charge < -0.3 is 14.8 Å². The second-order valence-electron chi connectivity index (χ2n) is 5.50. The first-order valence-electron chi connectivity index (χ1n) is 6.48. The number of hydrogen-bond donors (Lipinski definition) is 1. The van der Waals surface area contributed by atoms with Crippen molar-refractivity contribution in [3.05, 3.63) is 21.9 Å². The number of halogens is 1. The van der Waals surface area contributed by atoms with Crippen LogP contribution in [0.2, 0.25) is 0 Å². The normalized spacial score (nSPS) is 12.6. The Kier molecular flexibility index (Phi) is 6.48. The van der Waals surface area contributed by atoms with Crippen LogP contribution >= 0.6 is 22.9 Å². The van der Waals surface area contributed by atoms with Crippen LogP contribution in [0.5, 0.6) is 0 Å². The Morgan fingerprint density at radius 1 is 1.43 bits per heavy atom. The summed E-state index contributed by atoms with van der Waals surface area (Å²) in [5, 5.41) is 4.47. The van der Waals surface area contributed by atoms with Crippen LogP contribution < -0.4 is 5.32 Å². The summed E-state index contributed by atoms with van der Waals surface area (Å²) in [6.45, 7) is 7.20. The van der Waals surface area contributed by atoms with Gasteiger partial charge in [0.15, 0.2) is 6.07 Å². The van der Waals surface area contributed by atoms with E-state index in [2.05, 4.69) is 5.32 Å². The lowest BCUT2D eigenvalue weighted by atomic mass is 10.1. The average Bonchev–Trinajstić information content (AvgIpc) is 2.72. The van der Waals surface area contributed by atoms with Gasteiger partial charge in [-0.3, -0.25) is 0 Å². The van der Waals surface area contributed by atoms with Gasteiger partial charge in [-0.2, -0.15) is 0 Å². The smallest absolute Gasteiger partial charge is 0.408 e. The first-order chi connectivity index (χ1) is 9.73. The maximum atomic E-state index is 11.9. The summed E-state index contributed by atoms with van der Waals surface area (Å²) in [5.41, 5.74) is 0.429. The van der Waals surface area contributed by atoms with Gasteiger partial charge >= 0.3 is 12.1 Å². The molecule has 21 heavy (non-hydrogen) atoms. The fraction of sp³-hybridized carbons (Fsp3) is 0.571. The zero-order valence-electron chi connectivity index (χ0n) is 12.6. The molecule has 1 N–H and O–H groups in total. The highest BCUT2D eigenvalue weighted by molar-refractivity contribution is 7.10. The van der Waals surface area contributed by atoms with Gasteiger partial charge in [-0.15, -0.1) is 11.3 Å². The van der Waals surface area contributed by atoms with Gasteiger partial charge in [0.1, 0.15) is 11.6 Å². The Balaban J connectivity index is 2.76. The van der Waals surface area contributed by atoms with E-state index in [0.717, 1.165) is 10.4 Å². The highest BCUT2D eigenvalue weighted by Crippen LogP contribution is 2.18. The minimum atomic E-state index is -0.823. The molecule has 0 saturated heterocycles. The molecule has 0 aliphatic heterocycles. The van der Waals surface area contributed by atoms with Gasteiger partial charge in [0.2, 0.25) is 0 Å². The number of carbonyl (C=O) groups excluding carboxylic acids is 2. The summed E-state index contributed by atoms with van der Waals surface area (Å²) < 4.78 is 9.94. The number of esters is 1. The lowest BCUT2D eigenvalue weighted by molar-refractivity contribution is -0.144. The van der Waals surface area contributed by atoms with E-state index in [4.69, 9.17) is 21.1 Å². The molecule has 0 aliphatic carbocycles. The molecule has 1 amide bonds. The number of alkyl halides is 1. The third-order valence-corrected chi connectivity index (χ3v) is 3.68. The van der Waals surface area contributed by atoms with Crippen molar-refractivity contribution in [2.75, 3.05) is 6.07 Å². The molecule has 0 fully saturated rings. The molecule has 1 aromatic heterocycles. The zero-order valence-corrected chi connectivity index (χ0v) is 14.1. The zero-order chi connectivity index (χ0) is 16.0. The third kappa shape index (κ3) is 6.35. The molecule has 1 unspecified atom stereocenters. The summed E-state index contributed by atoms with van der Waals surface area (Å²) in [5.74, 6) is -0.580. The molecule has 1 heterocycles. The van der Waals surface area contributed by atoms with E-state index in [0.29, 0.717) is 6.42 Å². The van der Waals surface area contributed by atoms with E-state index in [9.17, 15) is 9.59 Å². The van der Waals surface area contributed by atoms with E-state index in [1.54, 1.807) is 20.8 Å². The molecule has 1 aromatic rings. The van der Waals surface area contributed by atoms with Crippen molar-refractivity contribution in [1.82, 2.24) is 5.32 Å². The second-order valence-corrected chi connectivity index (χ2v) is 6.72. The topological polar surface area (TPSA) is 64.6 Å². The third-order valence-electron chi connectivity index (χ3n) is 2.53. The van der Waals surface area contributed by atoms with Crippen molar-refractivity contribution in [3.63, 3.8) is 0 Å². The molecule has 7 heteroatoms. The maximum absolute atomic E-state index is 11.9. The van der Waals surface area contributed by atoms with Crippen LogP contribution in [0.4, 0.5) is 4.79 Å². The number of carbonyl (C=O) groups is 2. The van der Waals surface area contributed by atoms with E-state index in [-0.39, 0.29) is 6.07 Å². The molecule has 118 valence electrons. The minimum absolute atomic E-state index is 0.255. The van der Waals surface area contributed by atoms with Crippen molar-refractivity contribution >= 4 is 35.0 Å². The summed E-state index contributed by atoms with van der Waals surface area (Å²) in [7, 11) is 0. The Bertz CT molecular complexity index is 495. The van der Waals surface area contributed by atoms with Gasteiger partial charge in [0.05, 0.1) is 0 Å². The lowest BCUT2D eigenvalue weighted by Gasteiger charge is -2.22. The van der Waals surface area contributed by atoms with Crippen molar-refractivity contribution in [1.29, 1.82) is 0 Å². The van der Waals surface area contributed by atoms with Gasteiger partial charge in [-0.05, 0) is 44.7 Å². The average molecular weight is 334 g/mol. The fourth-order valence-electron chi connectivity index (χ4n) is 1.60. The van der Waals surface area contributed by atoms with E-state index in [1.807, 2.05) is 18.4 Å². The number of rotatable bonds is 5. The highest BCUT2D eigenvalue weighted by atomic mass is 35.5. The van der Waals surface area contributed by atoms with Crippen LogP contribution in [0.15, 0.2) is 11.4 Å². The first-order valence-corrected chi connectivity index (χ1v) is 7.89. The van der Waals surface area contributed by atoms with Crippen LogP contribution in [0.25, 0.3) is 0 Å². The molecule has 0 aromatic carbocycles. The minimum Gasteiger partial charge on any atom is -0.448 e. The molecule has 0 aliphatic rings. The maximum Gasteiger partial charge on any atom is 0.408 e. The quantitative estimate of drug-likeness (QED) is 0.663. The van der Waals surface area contributed by atoms with Crippen LogP contribution in [-0.4, -0.2) is 29.8 Å². The van der Waals surface area contributed by atoms with Crippen LogP contribution in [-0.2, 0) is 20.7 Å². The second kappa shape index (κ2) is 7.66. The van der Waals surface area contributed by atoms with E-state index in [1.165, 1.54) is 11.3 Å². The van der Waals surface area contributed by atoms with Crippen LogP contribution in [0.1, 0.15) is 31.2 Å². The van der Waals surface area contributed by atoms with Crippen LogP contribution in [0, 0.1) is 6.92 Å². The predicted molar refractivity (Wildman–Crippen MR) is 82.7 cm³/mol. The SMILES string of the molecule is Cc1ccsc1CC(NC(=O)OC(C)(C)C)C(=O)OCCl. The van der Waals surface area contributed by atoms with Crippen molar-refractivity contribution in [3.8, 4) is 0 Å². The van der Waals surface area contributed by atoms with E-state index < -0.39 is 23.7 Å². The van der Waals surface area contributed by atoms with Crippen molar-refractivity contribution < 1.29 is 19.1 Å². The largest absolute Gasteiger partial charge is 0.448 e. The summed E-state index contributed by atoms with van der Waals surface area (Å²) in [6, 6.07) is 0.877. The monoisotopic (exact) mass is 333 g/mol. The number of nitrogens with one attached hydrogen (secondary N) is 1. The fourth-order valence-corrected chi connectivity index (χ4v) is 2.66. The molecule has 0 spiro atoms. The standard InChI is InChI=1S/C14H20ClNO4S/c1-9-5-6-21-11(9)7-10(12(17)19-8-15)16-13(18)20-14(2,3)4/h5-6,10H,7-8H2,1-4H3,(H,16,18).